The first-order valence-corrected chi connectivity index (χ1v) is 2.37. The Balaban J connectivity index is 3.35. The van der Waals surface area contributed by atoms with Gasteiger partial charge in [0.25, 0.3) is 0 Å². The third kappa shape index (κ3) is 2.75. The Morgan fingerprint density at radius 3 is 2.50 bits per heavy atom. The van der Waals surface area contributed by atoms with Gasteiger partial charge < -0.3 is 10.0 Å². The van der Waals surface area contributed by atoms with Crippen LogP contribution in [0.15, 0.2) is 0 Å². The highest BCUT2D eigenvalue weighted by atomic mass is 32.1. The number of aldehydes is 1. The SMILES string of the molecule is O=C[C@H](C=S)NNO. The molecule has 0 amide bonds. The molecule has 0 aliphatic heterocycles. The zero-order chi connectivity index (χ0) is 6.41. The summed E-state index contributed by atoms with van der Waals surface area (Å²) in [6, 6.07) is -0.602. The molecule has 0 heterocycles. The molecule has 3 N–H and O–H groups in total. The van der Waals surface area contributed by atoms with E-state index in [0.29, 0.717) is 6.29 Å². The topological polar surface area (TPSA) is 61.4 Å². The van der Waals surface area contributed by atoms with Crippen LogP contribution in [0.1, 0.15) is 0 Å². The van der Waals surface area contributed by atoms with Crippen molar-refractivity contribution in [3.05, 3.63) is 0 Å². The fourth-order valence-electron chi connectivity index (χ4n) is 0.175. The van der Waals surface area contributed by atoms with Crippen molar-refractivity contribution < 1.29 is 10.0 Å². The second-order valence-corrected chi connectivity index (χ2v) is 1.33. The number of carbonyl (C=O) groups excluding carboxylic acids is 1. The molecule has 0 aromatic rings. The summed E-state index contributed by atoms with van der Waals surface area (Å²) in [7, 11) is 0. The highest BCUT2D eigenvalue weighted by molar-refractivity contribution is 7.79. The van der Waals surface area contributed by atoms with Gasteiger partial charge in [-0.3, -0.25) is 0 Å². The molecule has 0 radical (unpaired) electrons. The second-order valence-electron chi connectivity index (χ2n) is 1.05. The van der Waals surface area contributed by atoms with Crippen molar-refractivity contribution in [3.8, 4) is 0 Å². The van der Waals surface area contributed by atoms with E-state index in [9.17, 15) is 4.79 Å². The van der Waals surface area contributed by atoms with E-state index in [-0.39, 0.29) is 0 Å². The van der Waals surface area contributed by atoms with Crippen molar-refractivity contribution in [1.29, 1.82) is 0 Å². The summed E-state index contributed by atoms with van der Waals surface area (Å²) in [5, 5.41) is 9.10. The minimum Gasteiger partial charge on any atom is -0.302 e. The number of rotatable bonds is 4. The lowest BCUT2D eigenvalue weighted by atomic mass is 10.4. The van der Waals surface area contributed by atoms with Crippen molar-refractivity contribution in [1.82, 2.24) is 11.0 Å². The van der Waals surface area contributed by atoms with Crippen molar-refractivity contribution >= 4 is 23.9 Å². The Hall–Kier alpha value is -0.360. The van der Waals surface area contributed by atoms with Crippen LogP contribution in [0.2, 0.25) is 0 Å². The van der Waals surface area contributed by atoms with Crippen molar-refractivity contribution in [2.45, 2.75) is 6.04 Å². The molecule has 0 aliphatic carbocycles. The highest BCUT2D eigenvalue weighted by Crippen LogP contribution is 1.65. The highest BCUT2D eigenvalue weighted by Gasteiger charge is 1.96. The third-order valence-corrected chi connectivity index (χ3v) is 0.818. The van der Waals surface area contributed by atoms with E-state index in [2.05, 4.69) is 17.6 Å². The molecular formula is C3H6N2O2S. The summed E-state index contributed by atoms with van der Waals surface area (Å²) in [5.41, 5.74) is 3.75. The van der Waals surface area contributed by atoms with Gasteiger partial charge in [0.15, 0.2) is 0 Å². The first-order chi connectivity index (χ1) is 3.85. The molecule has 8 heavy (non-hydrogen) atoms. The van der Waals surface area contributed by atoms with Crippen LogP contribution in [-0.4, -0.2) is 22.9 Å². The van der Waals surface area contributed by atoms with Crippen molar-refractivity contribution in [2.75, 3.05) is 0 Å². The second kappa shape index (κ2) is 4.79. The largest absolute Gasteiger partial charge is 0.302 e. The molecular weight excluding hydrogens is 128 g/mol. The minimum atomic E-state index is -0.602. The van der Waals surface area contributed by atoms with Crippen LogP contribution in [-0.2, 0) is 4.79 Å². The first-order valence-electron chi connectivity index (χ1n) is 1.90. The molecule has 4 nitrogen and oxygen atoms in total. The van der Waals surface area contributed by atoms with Gasteiger partial charge in [-0.05, 0) is 0 Å². The third-order valence-electron chi connectivity index (χ3n) is 0.524. The molecule has 0 unspecified atom stereocenters. The predicted molar refractivity (Wildman–Crippen MR) is 31.6 cm³/mol. The van der Waals surface area contributed by atoms with E-state index in [0.717, 1.165) is 0 Å². The Labute approximate surface area is 51.8 Å². The molecule has 0 bridgehead atoms. The number of hydrogen-bond acceptors (Lipinski definition) is 5. The van der Waals surface area contributed by atoms with E-state index in [1.807, 2.05) is 0 Å². The Morgan fingerprint density at radius 2 is 2.38 bits per heavy atom. The van der Waals surface area contributed by atoms with E-state index in [1.54, 1.807) is 5.59 Å². The summed E-state index contributed by atoms with van der Waals surface area (Å²) in [6.45, 7) is 0. The van der Waals surface area contributed by atoms with Crippen LogP contribution in [0.25, 0.3) is 0 Å². The first kappa shape index (κ1) is 7.64. The number of nitrogens with one attached hydrogen (secondary N) is 2. The van der Waals surface area contributed by atoms with E-state index >= 15 is 0 Å². The number of thiocarbonyl (C=S) groups is 1. The number of hydrazine groups is 1. The van der Waals surface area contributed by atoms with Crippen molar-refractivity contribution in [2.24, 2.45) is 0 Å². The van der Waals surface area contributed by atoms with E-state index in [1.165, 1.54) is 5.37 Å². The summed E-state index contributed by atoms with van der Waals surface area (Å²) >= 11 is 4.37. The molecule has 0 aliphatic rings. The van der Waals surface area contributed by atoms with Crippen LogP contribution in [0.4, 0.5) is 0 Å². The number of carbonyl (C=O) groups is 1. The quantitative estimate of drug-likeness (QED) is 0.262. The molecule has 0 rings (SSSR count). The van der Waals surface area contributed by atoms with Crippen LogP contribution in [0, 0.1) is 0 Å². The molecule has 0 aromatic heterocycles. The van der Waals surface area contributed by atoms with Gasteiger partial charge in [-0.15, -0.1) is 5.59 Å². The Bertz CT molecular complexity index is 79.4. The molecule has 0 spiro atoms. The molecule has 0 saturated heterocycles. The summed E-state index contributed by atoms with van der Waals surface area (Å²) < 4.78 is 0. The molecule has 46 valence electrons. The maximum absolute atomic E-state index is 9.81. The van der Waals surface area contributed by atoms with Gasteiger partial charge >= 0.3 is 0 Å². The standard InChI is InChI=1S/C3H6N2O2S/c6-1-3(2-8)4-5-7/h1-5,7H/t3-/m1/s1. The summed E-state index contributed by atoms with van der Waals surface area (Å²) in [6.07, 6.45) is 0.566. The lowest BCUT2D eigenvalue weighted by molar-refractivity contribution is -0.109. The molecule has 0 fully saturated rings. The predicted octanol–water partition coefficient (Wildman–Crippen LogP) is -0.963. The average molecular weight is 134 g/mol. The molecule has 0 aromatic carbocycles. The van der Waals surface area contributed by atoms with Crippen LogP contribution in [0.5, 0.6) is 0 Å². The van der Waals surface area contributed by atoms with Gasteiger partial charge in [0, 0.05) is 5.37 Å². The summed E-state index contributed by atoms with van der Waals surface area (Å²) in [5.74, 6) is 0. The fraction of sp³-hybridized carbons (Fsp3) is 0.333. The van der Waals surface area contributed by atoms with Crippen LogP contribution < -0.4 is 11.0 Å². The minimum absolute atomic E-state index is 0.566. The normalized spacial score (nSPS) is 12.6. The smallest absolute Gasteiger partial charge is 0.143 e. The van der Waals surface area contributed by atoms with Gasteiger partial charge in [0.1, 0.15) is 12.3 Å². The lowest BCUT2D eigenvalue weighted by Gasteiger charge is -2.00. The van der Waals surface area contributed by atoms with E-state index < -0.39 is 6.04 Å². The molecule has 5 heteroatoms. The van der Waals surface area contributed by atoms with Gasteiger partial charge in [-0.25, -0.2) is 5.43 Å². The van der Waals surface area contributed by atoms with Gasteiger partial charge in [0.05, 0.1) is 0 Å². The fourth-order valence-corrected chi connectivity index (χ4v) is 0.307. The van der Waals surface area contributed by atoms with E-state index in [4.69, 9.17) is 5.21 Å². The summed E-state index contributed by atoms with van der Waals surface area (Å²) in [4.78, 5) is 9.81. The van der Waals surface area contributed by atoms with Gasteiger partial charge in [0.2, 0.25) is 0 Å². The zero-order valence-electron chi connectivity index (χ0n) is 4.00. The molecule has 1 atom stereocenters. The molecule has 0 saturated carbocycles. The zero-order valence-corrected chi connectivity index (χ0v) is 4.81. The Kier molecular flexibility index (Phi) is 4.58. The average Bonchev–Trinajstić information content (AvgIpc) is 1.83. The monoisotopic (exact) mass is 134 g/mol. The Morgan fingerprint density at radius 1 is 1.75 bits per heavy atom. The maximum Gasteiger partial charge on any atom is 0.143 e. The van der Waals surface area contributed by atoms with Crippen LogP contribution in [0.3, 0.4) is 0 Å². The van der Waals surface area contributed by atoms with Crippen LogP contribution >= 0.6 is 12.2 Å². The van der Waals surface area contributed by atoms with Gasteiger partial charge in [-0.2, -0.15) is 0 Å². The maximum atomic E-state index is 9.81. The lowest BCUT2D eigenvalue weighted by Crippen LogP contribution is -2.40. The van der Waals surface area contributed by atoms with Crippen molar-refractivity contribution in [3.63, 3.8) is 0 Å². The van der Waals surface area contributed by atoms with Gasteiger partial charge in [-0.1, -0.05) is 12.2 Å². The number of hydrogen-bond donors (Lipinski definition) is 3.